The van der Waals surface area contributed by atoms with Gasteiger partial charge >= 0.3 is 6.18 Å². The van der Waals surface area contributed by atoms with Crippen molar-refractivity contribution in [3.8, 4) is 5.69 Å². The van der Waals surface area contributed by atoms with E-state index in [0.717, 1.165) is 42.8 Å². The third kappa shape index (κ3) is 3.94. The van der Waals surface area contributed by atoms with Gasteiger partial charge in [-0.05, 0) is 62.1 Å². The van der Waals surface area contributed by atoms with Gasteiger partial charge in [0.25, 0.3) is 5.91 Å². The first-order valence-corrected chi connectivity index (χ1v) is 10.4. The van der Waals surface area contributed by atoms with Crippen LogP contribution < -0.4 is 5.32 Å². The first-order chi connectivity index (χ1) is 15.8. The molecule has 0 bridgehead atoms. The molecule has 0 radical (unpaired) electrons. The molecule has 0 spiro atoms. The Labute approximate surface area is 185 Å². The quantitative estimate of drug-likeness (QED) is 0.471. The summed E-state index contributed by atoms with van der Waals surface area (Å²) in [6, 6.07) is 8.01. The smallest absolute Gasteiger partial charge is 0.343 e. The number of nitrogens with zero attached hydrogens (tertiary/aromatic N) is 5. The maximum Gasteiger partial charge on any atom is 0.417 e. The monoisotopic (exact) mass is 458 g/mol. The van der Waals surface area contributed by atoms with E-state index in [4.69, 9.17) is 0 Å². The Bertz CT molecular complexity index is 1340. The molecule has 5 rings (SSSR count). The highest BCUT2D eigenvalue weighted by Gasteiger charge is 2.31. The number of hydrogen-bond donors (Lipinski definition) is 1. The van der Waals surface area contributed by atoms with Gasteiger partial charge in [0.1, 0.15) is 5.82 Å². The maximum atomic E-state index is 13.3. The van der Waals surface area contributed by atoms with E-state index >= 15 is 0 Å². The van der Waals surface area contributed by atoms with Gasteiger partial charge in [-0.1, -0.05) is 0 Å². The fourth-order valence-electron chi connectivity index (χ4n) is 4.05. The number of aromatic nitrogens is 5. The van der Waals surface area contributed by atoms with Crippen LogP contribution in [0, 0.1) is 5.82 Å². The van der Waals surface area contributed by atoms with Crippen molar-refractivity contribution in [1.29, 1.82) is 0 Å². The van der Waals surface area contributed by atoms with Crippen LogP contribution in [0.5, 0.6) is 0 Å². The third-order valence-corrected chi connectivity index (χ3v) is 5.67. The molecule has 3 heterocycles. The fourth-order valence-corrected chi connectivity index (χ4v) is 4.05. The molecule has 1 aromatic carbocycles. The third-order valence-electron chi connectivity index (χ3n) is 5.67. The van der Waals surface area contributed by atoms with E-state index in [9.17, 15) is 22.4 Å². The second-order valence-corrected chi connectivity index (χ2v) is 7.81. The summed E-state index contributed by atoms with van der Waals surface area (Å²) in [6.07, 6.45) is -0.317. The number of pyridine rings is 1. The van der Waals surface area contributed by atoms with E-state index in [1.165, 1.54) is 22.6 Å². The van der Waals surface area contributed by atoms with Gasteiger partial charge in [0.05, 0.1) is 17.8 Å². The predicted molar refractivity (Wildman–Crippen MR) is 109 cm³/mol. The van der Waals surface area contributed by atoms with Gasteiger partial charge in [-0.2, -0.15) is 18.3 Å². The molecule has 4 aromatic rings. The molecule has 1 aliphatic carbocycles. The van der Waals surface area contributed by atoms with Crippen molar-refractivity contribution in [2.24, 2.45) is 0 Å². The SMILES string of the molecule is O=C(NCc1nnc2ccc(C(F)(F)F)cn12)c1nn(-c2ccc(F)cc2)c2c1CCCC2. The Morgan fingerprint density at radius 2 is 1.79 bits per heavy atom. The van der Waals surface area contributed by atoms with E-state index < -0.39 is 17.6 Å². The highest BCUT2D eigenvalue weighted by Crippen LogP contribution is 2.29. The summed E-state index contributed by atoms with van der Waals surface area (Å²) < 4.78 is 55.4. The number of hydrogen-bond acceptors (Lipinski definition) is 4. The molecule has 1 aliphatic rings. The standard InChI is InChI=1S/C22H18F4N6O/c23-14-6-8-15(9-7-14)32-17-4-2-1-3-16(17)20(30-32)21(33)27-11-19-29-28-18-10-5-13(12-31(18)19)22(24,25)26/h5-10,12H,1-4,11H2,(H,27,33). The second-order valence-electron chi connectivity index (χ2n) is 7.81. The Kier molecular flexibility index (Phi) is 5.10. The van der Waals surface area contributed by atoms with Crippen LogP contribution in [0.15, 0.2) is 42.6 Å². The fraction of sp³-hybridized carbons (Fsp3) is 0.273. The molecule has 33 heavy (non-hydrogen) atoms. The Hall–Kier alpha value is -3.76. The minimum absolute atomic E-state index is 0.126. The number of benzene rings is 1. The van der Waals surface area contributed by atoms with E-state index in [1.807, 2.05) is 0 Å². The summed E-state index contributed by atoms with van der Waals surface area (Å²) in [5, 5.41) is 14.9. The Morgan fingerprint density at radius 3 is 2.55 bits per heavy atom. The molecular formula is C22H18F4N6O. The van der Waals surface area contributed by atoms with Crippen molar-refractivity contribution in [3.05, 3.63) is 76.8 Å². The van der Waals surface area contributed by atoms with Crippen LogP contribution >= 0.6 is 0 Å². The number of fused-ring (bicyclic) bond motifs is 2. The van der Waals surface area contributed by atoms with Crippen molar-refractivity contribution < 1.29 is 22.4 Å². The average Bonchev–Trinajstić information content (AvgIpc) is 3.39. The number of carbonyl (C=O) groups excluding carboxylic acids is 1. The minimum atomic E-state index is -4.51. The topological polar surface area (TPSA) is 77.1 Å². The summed E-state index contributed by atoms with van der Waals surface area (Å²) >= 11 is 0. The van der Waals surface area contributed by atoms with Crippen LogP contribution in [0.4, 0.5) is 17.6 Å². The lowest BCUT2D eigenvalue weighted by Crippen LogP contribution is -2.26. The zero-order valence-electron chi connectivity index (χ0n) is 17.2. The van der Waals surface area contributed by atoms with Crippen LogP contribution in [-0.2, 0) is 25.6 Å². The van der Waals surface area contributed by atoms with Crippen LogP contribution in [0.2, 0.25) is 0 Å². The lowest BCUT2D eigenvalue weighted by Gasteiger charge is -2.14. The number of amides is 1. The summed E-state index contributed by atoms with van der Waals surface area (Å²) in [6.45, 7) is -0.126. The largest absolute Gasteiger partial charge is 0.417 e. The summed E-state index contributed by atoms with van der Waals surface area (Å²) in [7, 11) is 0. The lowest BCUT2D eigenvalue weighted by atomic mass is 9.95. The van der Waals surface area contributed by atoms with Crippen molar-refractivity contribution in [2.45, 2.75) is 38.4 Å². The van der Waals surface area contributed by atoms with Crippen molar-refractivity contribution in [2.75, 3.05) is 0 Å². The molecule has 1 N–H and O–H groups in total. The average molecular weight is 458 g/mol. The van der Waals surface area contributed by atoms with E-state index in [0.29, 0.717) is 12.1 Å². The first-order valence-electron chi connectivity index (χ1n) is 10.4. The van der Waals surface area contributed by atoms with Crippen molar-refractivity contribution in [1.82, 2.24) is 29.7 Å². The van der Waals surface area contributed by atoms with Gasteiger partial charge in [-0.15, -0.1) is 10.2 Å². The molecule has 0 saturated carbocycles. The van der Waals surface area contributed by atoms with Crippen LogP contribution in [0.1, 0.15) is 46.0 Å². The molecule has 170 valence electrons. The minimum Gasteiger partial charge on any atom is -0.343 e. The summed E-state index contributed by atoms with van der Waals surface area (Å²) in [5.41, 5.74) is 2.03. The zero-order chi connectivity index (χ0) is 23.2. The first kappa shape index (κ1) is 21.1. The molecule has 11 heteroatoms. The predicted octanol–water partition coefficient (Wildman–Crippen LogP) is 3.88. The van der Waals surface area contributed by atoms with Gasteiger partial charge in [0.15, 0.2) is 17.2 Å². The number of alkyl halides is 3. The Morgan fingerprint density at radius 1 is 1.03 bits per heavy atom. The Balaban J connectivity index is 1.42. The van der Waals surface area contributed by atoms with E-state index in [1.54, 1.807) is 16.8 Å². The number of nitrogens with one attached hydrogen (secondary N) is 1. The number of carbonyl (C=O) groups is 1. The zero-order valence-corrected chi connectivity index (χ0v) is 17.2. The van der Waals surface area contributed by atoms with Gasteiger partial charge in [-0.25, -0.2) is 9.07 Å². The van der Waals surface area contributed by atoms with Gasteiger partial charge in [0, 0.05) is 17.5 Å². The molecule has 3 aromatic heterocycles. The summed E-state index contributed by atoms with van der Waals surface area (Å²) in [4.78, 5) is 13.0. The molecule has 0 unspecified atom stereocenters. The van der Waals surface area contributed by atoms with Crippen LogP contribution in [-0.4, -0.2) is 30.3 Å². The molecule has 7 nitrogen and oxygen atoms in total. The summed E-state index contributed by atoms with van der Waals surface area (Å²) in [5.74, 6) is -0.666. The van der Waals surface area contributed by atoms with Gasteiger partial charge in [0.2, 0.25) is 0 Å². The number of halogens is 4. The van der Waals surface area contributed by atoms with Gasteiger partial charge in [-0.3, -0.25) is 9.20 Å². The highest BCUT2D eigenvalue weighted by molar-refractivity contribution is 5.94. The molecule has 0 fully saturated rings. The molecular weight excluding hydrogens is 440 g/mol. The molecule has 0 aliphatic heterocycles. The molecule has 0 saturated heterocycles. The molecule has 0 atom stereocenters. The molecule has 1 amide bonds. The second kappa shape index (κ2) is 7.98. The normalized spacial score (nSPS) is 13.8. The van der Waals surface area contributed by atoms with Crippen molar-refractivity contribution >= 4 is 11.6 Å². The van der Waals surface area contributed by atoms with Crippen LogP contribution in [0.3, 0.4) is 0 Å². The highest BCUT2D eigenvalue weighted by atomic mass is 19.4. The van der Waals surface area contributed by atoms with E-state index in [-0.39, 0.29) is 29.5 Å². The van der Waals surface area contributed by atoms with Gasteiger partial charge < -0.3 is 5.32 Å². The van der Waals surface area contributed by atoms with Crippen LogP contribution in [0.25, 0.3) is 11.3 Å². The van der Waals surface area contributed by atoms with Crippen molar-refractivity contribution in [3.63, 3.8) is 0 Å². The maximum absolute atomic E-state index is 13.3. The lowest BCUT2D eigenvalue weighted by molar-refractivity contribution is -0.137. The van der Waals surface area contributed by atoms with E-state index in [2.05, 4.69) is 20.6 Å². The number of rotatable bonds is 4.